The summed E-state index contributed by atoms with van der Waals surface area (Å²) in [5.41, 5.74) is -1.35. The largest absolute Gasteiger partial charge is 0.478 e. The average molecular weight is 311 g/mol. The fraction of sp³-hybridized carbons (Fsp3) is 0.364. The maximum absolute atomic E-state index is 12.0. The summed E-state index contributed by atoms with van der Waals surface area (Å²) in [6.07, 6.45) is -2.71. The molecule has 0 aliphatic carbocycles. The number of hydrogen-bond donors (Lipinski definition) is 2. The van der Waals surface area contributed by atoms with Crippen molar-refractivity contribution in [2.75, 3.05) is 11.9 Å². The minimum absolute atomic E-state index is 0.254. The highest BCUT2D eigenvalue weighted by atomic mass is 35.5. The first-order valence-electron chi connectivity index (χ1n) is 5.56. The second kappa shape index (κ2) is 8.26. The average Bonchev–Trinajstić information content (AvgIpc) is 2.37. The van der Waals surface area contributed by atoms with E-state index in [2.05, 4.69) is 5.32 Å². The molecule has 9 heteroatoms. The van der Waals surface area contributed by atoms with Crippen LogP contribution in [0, 0.1) is 10.1 Å². The first-order valence-corrected chi connectivity index (χ1v) is 5.94. The van der Waals surface area contributed by atoms with Gasteiger partial charge in [0, 0.05) is 6.07 Å². The molecule has 112 valence electrons. The number of nitrogens with one attached hydrogen (secondary N) is 1. The maximum Gasteiger partial charge on any atom is 0.337 e. The molecule has 0 heterocycles. The van der Waals surface area contributed by atoms with E-state index in [-0.39, 0.29) is 10.7 Å². The Kier molecular flexibility index (Phi) is 7.45. The number of benzene rings is 1. The van der Waals surface area contributed by atoms with E-state index in [9.17, 15) is 23.7 Å². The lowest BCUT2D eigenvalue weighted by Crippen LogP contribution is -2.12. The lowest BCUT2D eigenvalue weighted by molar-refractivity contribution is -0.384. The van der Waals surface area contributed by atoms with E-state index in [0.29, 0.717) is 0 Å². The van der Waals surface area contributed by atoms with Gasteiger partial charge in [-0.3, -0.25) is 10.1 Å². The molecule has 1 aromatic carbocycles. The van der Waals surface area contributed by atoms with Gasteiger partial charge < -0.3 is 10.4 Å². The Labute approximate surface area is 118 Å². The first kappa shape index (κ1) is 18.0. The van der Waals surface area contributed by atoms with Crippen LogP contribution in [0.2, 0.25) is 5.02 Å². The number of alkyl halides is 2. The predicted octanol–water partition coefficient (Wildman–Crippen LogP) is 3.65. The van der Waals surface area contributed by atoms with Gasteiger partial charge in [-0.15, -0.1) is 0 Å². The van der Waals surface area contributed by atoms with Crippen LogP contribution in [0.3, 0.4) is 0 Å². The molecule has 0 radical (unpaired) electrons. The van der Waals surface area contributed by atoms with Gasteiger partial charge in [-0.1, -0.05) is 25.4 Å². The van der Waals surface area contributed by atoms with Crippen LogP contribution in [0.15, 0.2) is 12.1 Å². The molecule has 20 heavy (non-hydrogen) atoms. The molecule has 1 aromatic rings. The lowest BCUT2D eigenvalue weighted by Gasteiger charge is -2.08. The molecule has 0 atom stereocenters. The highest BCUT2D eigenvalue weighted by molar-refractivity contribution is 6.34. The van der Waals surface area contributed by atoms with E-state index in [0.717, 1.165) is 12.1 Å². The minimum atomic E-state index is -2.71. The first-order chi connectivity index (χ1) is 9.32. The van der Waals surface area contributed by atoms with Crippen molar-refractivity contribution in [3.05, 3.63) is 32.8 Å². The van der Waals surface area contributed by atoms with Gasteiger partial charge in [-0.25, -0.2) is 13.6 Å². The number of hydrogen-bond acceptors (Lipinski definition) is 4. The van der Waals surface area contributed by atoms with Crippen LogP contribution in [-0.4, -0.2) is 29.0 Å². The third kappa shape index (κ3) is 4.96. The summed E-state index contributed by atoms with van der Waals surface area (Å²) < 4.78 is 24.0. The topological polar surface area (TPSA) is 92.5 Å². The standard InChI is InChI=1S/C9H7ClF2N2O4.C2H6/c10-5-2-6(13-3-8(11)12)7(14(17)18)1-4(5)9(15)16;1-2/h1-2,8,13H,3H2,(H,15,16);1-2H3. The van der Waals surface area contributed by atoms with Crippen molar-refractivity contribution in [1.29, 1.82) is 0 Å². The lowest BCUT2D eigenvalue weighted by atomic mass is 10.1. The Hall–Kier alpha value is -1.96. The smallest absolute Gasteiger partial charge is 0.337 e. The second-order valence-corrected chi connectivity index (χ2v) is 3.59. The number of anilines is 1. The highest BCUT2D eigenvalue weighted by Crippen LogP contribution is 2.31. The summed E-state index contributed by atoms with van der Waals surface area (Å²) in [6.45, 7) is 3.20. The van der Waals surface area contributed by atoms with Gasteiger partial charge in [0.25, 0.3) is 12.1 Å². The number of nitro groups is 1. The van der Waals surface area contributed by atoms with Gasteiger partial charge in [0.1, 0.15) is 5.69 Å². The third-order valence-electron chi connectivity index (χ3n) is 1.96. The van der Waals surface area contributed by atoms with Crippen molar-refractivity contribution in [3.8, 4) is 0 Å². The Morgan fingerprint density at radius 3 is 2.45 bits per heavy atom. The zero-order chi connectivity index (χ0) is 15.9. The summed E-state index contributed by atoms with van der Waals surface area (Å²) in [6, 6.07) is 1.66. The van der Waals surface area contributed by atoms with Crippen LogP contribution in [0.25, 0.3) is 0 Å². The minimum Gasteiger partial charge on any atom is -0.478 e. The molecule has 1 rings (SSSR count). The number of carboxylic acid groups (broad SMARTS) is 1. The summed E-state index contributed by atoms with van der Waals surface area (Å²) in [5, 5.41) is 21.3. The molecule has 0 amide bonds. The number of halogens is 3. The molecular formula is C11H13ClF2N2O4. The number of carboxylic acids is 1. The normalized spacial score (nSPS) is 9.70. The van der Waals surface area contributed by atoms with E-state index in [1.165, 1.54) is 0 Å². The number of aromatic carboxylic acids is 1. The number of carbonyl (C=O) groups is 1. The van der Waals surface area contributed by atoms with E-state index < -0.39 is 35.1 Å². The van der Waals surface area contributed by atoms with Crippen molar-refractivity contribution in [2.24, 2.45) is 0 Å². The molecule has 0 saturated heterocycles. The molecule has 0 fully saturated rings. The molecule has 2 N–H and O–H groups in total. The van der Waals surface area contributed by atoms with Crippen molar-refractivity contribution in [2.45, 2.75) is 20.3 Å². The molecule has 0 bridgehead atoms. The fourth-order valence-corrected chi connectivity index (χ4v) is 1.45. The molecule has 0 aromatic heterocycles. The van der Waals surface area contributed by atoms with Gasteiger partial charge in [0.05, 0.1) is 22.1 Å². The van der Waals surface area contributed by atoms with Crippen LogP contribution < -0.4 is 5.32 Å². The van der Waals surface area contributed by atoms with Crippen LogP contribution in [0.1, 0.15) is 24.2 Å². The van der Waals surface area contributed by atoms with Crippen molar-refractivity contribution in [1.82, 2.24) is 0 Å². The van der Waals surface area contributed by atoms with Crippen molar-refractivity contribution in [3.63, 3.8) is 0 Å². The number of nitrogens with zero attached hydrogens (tertiary/aromatic N) is 1. The Balaban J connectivity index is 0.00000172. The van der Waals surface area contributed by atoms with E-state index in [1.807, 2.05) is 13.8 Å². The SMILES string of the molecule is CC.O=C(O)c1cc([N+](=O)[O-])c(NCC(F)F)cc1Cl. The van der Waals surface area contributed by atoms with Crippen LogP contribution in [0.4, 0.5) is 20.2 Å². The van der Waals surface area contributed by atoms with Gasteiger partial charge in [-0.2, -0.15) is 0 Å². The summed E-state index contributed by atoms with van der Waals surface area (Å²) in [5.74, 6) is -1.44. The Bertz CT molecular complexity index is 498. The van der Waals surface area contributed by atoms with Crippen LogP contribution in [-0.2, 0) is 0 Å². The summed E-state index contributed by atoms with van der Waals surface area (Å²) in [7, 11) is 0. The zero-order valence-corrected chi connectivity index (χ0v) is 11.4. The summed E-state index contributed by atoms with van der Waals surface area (Å²) >= 11 is 5.59. The van der Waals surface area contributed by atoms with Crippen LogP contribution in [0.5, 0.6) is 0 Å². The predicted molar refractivity (Wildman–Crippen MR) is 70.9 cm³/mol. The molecule has 0 unspecified atom stereocenters. The van der Waals surface area contributed by atoms with Crippen LogP contribution >= 0.6 is 11.6 Å². The third-order valence-corrected chi connectivity index (χ3v) is 2.27. The molecule has 0 aliphatic heterocycles. The zero-order valence-electron chi connectivity index (χ0n) is 10.7. The Morgan fingerprint density at radius 2 is 2.05 bits per heavy atom. The Morgan fingerprint density at radius 1 is 1.50 bits per heavy atom. The van der Waals surface area contributed by atoms with Gasteiger partial charge >= 0.3 is 5.97 Å². The molecule has 6 nitrogen and oxygen atoms in total. The summed E-state index contributed by atoms with van der Waals surface area (Å²) in [4.78, 5) is 20.5. The number of nitro benzene ring substituents is 1. The van der Waals surface area contributed by atoms with E-state index in [4.69, 9.17) is 16.7 Å². The maximum atomic E-state index is 12.0. The molecule has 0 spiro atoms. The fourth-order valence-electron chi connectivity index (χ4n) is 1.21. The van der Waals surface area contributed by atoms with Gasteiger partial charge in [-0.05, 0) is 6.07 Å². The molecule has 0 aliphatic rings. The molecular weight excluding hydrogens is 298 g/mol. The van der Waals surface area contributed by atoms with Crippen molar-refractivity contribution >= 4 is 28.9 Å². The van der Waals surface area contributed by atoms with E-state index >= 15 is 0 Å². The number of rotatable bonds is 5. The van der Waals surface area contributed by atoms with E-state index in [1.54, 1.807) is 0 Å². The van der Waals surface area contributed by atoms with Gasteiger partial charge in [0.15, 0.2) is 0 Å². The molecule has 0 saturated carbocycles. The van der Waals surface area contributed by atoms with Crippen molar-refractivity contribution < 1.29 is 23.6 Å². The second-order valence-electron chi connectivity index (χ2n) is 3.18. The monoisotopic (exact) mass is 310 g/mol. The van der Waals surface area contributed by atoms with Gasteiger partial charge in [0.2, 0.25) is 0 Å². The highest BCUT2D eigenvalue weighted by Gasteiger charge is 2.21. The quantitative estimate of drug-likeness (QED) is 0.639.